The van der Waals surface area contributed by atoms with Gasteiger partial charge in [0.15, 0.2) is 5.78 Å². The van der Waals surface area contributed by atoms with Crippen molar-refractivity contribution in [1.82, 2.24) is 4.98 Å². The molecule has 0 bridgehead atoms. The van der Waals surface area contributed by atoms with Crippen LogP contribution in [0.3, 0.4) is 0 Å². The summed E-state index contributed by atoms with van der Waals surface area (Å²) in [6.45, 7) is 17.4. The molecule has 0 saturated carbocycles. The summed E-state index contributed by atoms with van der Waals surface area (Å²) < 4.78 is 5.15. The first-order chi connectivity index (χ1) is 14.3. The van der Waals surface area contributed by atoms with Gasteiger partial charge in [-0.2, -0.15) is 0 Å². The molecule has 0 saturated heterocycles. The topological polar surface area (TPSA) is 82.3 Å². The quantitative estimate of drug-likeness (QED) is 0.163. The third-order valence-electron chi connectivity index (χ3n) is 3.81. The number of aryl methyl sites for hydroxylation is 1. The summed E-state index contributed by atoms with van der Waals surface area (Å²) in [6.07, 6.45) is 4.06. The Morgan fingerprint density at radius 3 is 2.13 bits per heavy atom. The minimum Gasteiger partial charge on any atom is -0.460 e. The largest absolute Gasteiger partial charge is 0.460 e. The zero-order chi connectivity index (χ0) is 24.6. The van der Waals surface area contributed by atoms with Crippen molar-refractivity contribution >= 4 is 27.7 Å². The van der Waals surface area contributed by atoms with E-state index in [4.69, 9.17) is 4.74 Å². The molecule has 1 aromatic rings. The lowest BCUT2D eigenvalue weighted by molar-refractivity contribution is -0.155. The van der Waals surface area contributed by atoms with Crippen LogP contribution in [0.5, 0.6) is 0 Å². The summed E-state index contributed by atoms with van der Waals surface area (Å²) >= 11 is 3.39. The molecule has 0 aromatic carbocycles. The number of carbonyl (C=O) groups excluding carboxylic acids is 2. The third-order valence-corrected chi connectivity index (χ3v) is 4.45. The van der Waals surface area contributed by atoms with Gasteiger partial charge in [-0.05, 0) is 57.6 Å². The number of aromatic nitrogens is 1. The lowest BCUT2D eigenvalue weighted by atomic mass is 9.99. The minimum atomic E-state index is -0.339. The molecule has 0 amide bonds. The Labute approximate surface area is 198 Å². The Kier molecular flexibility index (Phi) is 16.9. The predicted molar refractivity (Wildman–Crippen MR) is 133 cm³/mol. The molecule has 0 aliphatic carbocycles. The molecule has 1 rings (SSSR count). The van der Waals surface area contributed by atoms with Crippen molar-refractivity contribution in [3.05, 3.63) is 29.1 Å². The Morgan fingerprint density at radius 2 is 1.77 bits per heavy atom. The molecule has 31 heavy (non-hydrogen) atoms. The van der Waals surface area contributed by atoms with E-state index in [1.807, 2.05) is 41.5 Å². The van der Waals surface area contributed by atoms with Crippen molar-refractivity contribution in [1.29, 1.82) is 0 Å². The molecule has 0 unspecified atom stereocenters. The molecule has 0 spiro atoms. The number of pyridine rings is 1. The molecule has 0 atom stereocenters. The van der Waals surface area contributed by atoms with E-state index in [0.717, 1.165) is 29.3 Å². The summed E-state index contributed by atoms with van der Waals surface area (Å²) in [5, 5.41) is 0.781. The van der Waals surface area contributed by atoms with Crippen LogP contribution in [0.4, 0.5) is 0 Å². The number of esters is 1. The smallest absolute Gasteiger partial charge is 0.306 e. The minimum absolute atomic E-state index is 0.0117. The van der Waals surface area contributed by atoms with Gasteiger partial charge in [-0.15, -0.1) is 0 Å². The second-order valence-electron chi connectivity index (χ2n) is 8.77. The van der Waals surface area contributed by atoms with Crippen LogP contribution in [0, 0.1) is 23.8 Å². The molecule has 0 radical (unpaired) electrons. The average molecular weight is 498 g/mol. The van der Waals surface area contributed by atoms with Crippen molar-refractivity contribution in [2.75, 3.05) is 0 Å². The maximum absolute atomic E-state index is 11.8. The van der Waals surface area contributed by atoms with Gasteiger partial charge in [0.05, 0.1) is 0 Å². The first kappa shape index (κ1) is 31.3. The van der Waals surface area contributed by atoms with Crippen LogP contribution >= 0.6 is 15.9 Å². The highest BCUT2D eigenvalue weighted by molar-refractivity contribution is 9.08. The number of halogens is 1. The zero-order valence-corrected chi connectivity index (χ0v) is 22.4. The van der Waals surface area contributed by atoms with E-state index in [-0.39, 0.29) is 23.3 Å². The Hall–Kier alpha value is -1.87. The Morgan fingerprint density at radius 1 is 1.23 bits per heavy atom. The van der Waals surface area contributed by atoms with Gasteiger partial charge in [-0.1, -0.05) is 62.5 Å². The van der Waals surface area contributed by atoms with Gasteiger partial charge in [-0.25, -0.2) is 0 Å². The highest BCUT2D eigenvalue weighted by atomic mass is 79.9. The van der Waals surface area contributed by atoms with Crippen LogP contribution < -0.4 is 5.73 Å². The van der Waals surface area contributed by atoms with Crippen LogP contribution in [-0.2, 0) is 21.3 Å². The fourth-order valence-electron chi connectivity index (χ4n) is 2.20. The molecule has 1 heterocycles. The predicted octanol–water partition coefficient (Wildman–Crippen LogP) is 6.07. The van der Waals surface area contributed by atoms with Crippen molar-refractivity contribution in [3.63, 3.8) is 0 Å². The van der Waals surface area contributed by atoms with E-state index in [1.165, 1.54) is 0 Å². The molecule has 1 aromatic heterocycles. The van der Waals surface area contributed by atoms with Crippen LogP contribution in [0.1, 0.15) is 96.8 Å². The summed E-state index contributed by atoms with van der Waals surface area (Å²) in [5.41, 5.74) is 7.13. The monoisotopic (exact) mass is 496 g/mol. The highest BCUT2D eigenvalue weighted by Gasteiger charge is 2.16. The zero-order valence-electron chi connectivity index (χ0n) is 20.8. The first-order valence-corrected chi connectivity index (χ1v) is 11.9. The Bertz CT molecular complexity index is 721. The van der Waals surface area contributed by atoms with E-state index >= 15 is 0 Å². The normalized spacial score (nSPS) is 10.2. The summed E-state index contributed by atoms with van der Waals surface area (Å²) in [4.78, 5) is 27.3. The van der Waals surface area contributed by atoms with Gasteiger partial charge in [-0.3, -0.25) is 14.6 Å². The first-order valence-electron chi connectivity index (χ1n) is 10.7. The van der Waals surface area contributed by atoms with E-state index in [2.05, 4.69) is 58.5 Å². The number of Topliss-reactive ketones (excluding diaryl/α,β-unsaturated/α-hetero) is 1. The maximum atomic E-state index is 11.8. The fraction of sp³-hybridized carbons (Fsp3) is 0.640. The van der Waals surface area contributed by atoms with Crippen LogP contribution in [0.2, 0.25) is 0 Å². The molecule has 0 aliphatic rings. The van der Waals surface area contributed by atoms with E-state index < -0.39 is 0 Å². The van der Waals surface area contributed by atoms with Gasteiger partial charge < -0.3 is 10.5 Å². The standard InChI is InChI=1S/C12H16BrNO.C10H20O2.C3H5N/c1-4-10-5-9(6-13)7-14-11(10)12(15)8(2)3;1-8(2)6-7-9(11)12-10(3,4)5;1-2-3-4/h5,7-8H,4,6H2,1-3H3;8H,6-7H2,1-5H3;4H2,1H3. The third kappa shape index (κ3) is 16.5. The van der Waals surface area contributed by atoms with Gasteiger partial charge in [0.25, 0.3) is 0 Å². The number of rotatable bonds is 7. The van der Waals surface area contributed by atoms with Crippen molar-refractivity contribution in [3.8, 4) is 12.0 Å². The molecule has 6 heteroatoms. The molecule has 2 N–H and O–H groups in total. The molecular formula is C25H41BrN2O3. The number of hydrogen-bond acceptors (Lipinski definition) is 5. The molecular weight excluding hydrogens is 456 g/mol. The second-order valence-corrected chi connectivity index (χ2v) is 9.33. The van der Waals surface area contributed by atoms with Crippen molar-refractivity contribution in [2.45, 2.75) is 92.5 Å². The van der Waals surface area contributed by atoms with Crippen molar-refractivity contribution < 1.29 is 14.3 Å². The number of alkyl halides is 1. The number of carbonyl (C=O) groups is 2. The highest BCUT2D eigenvalue weighted by Crippen LogP contribution is 2.16. The lowest BCUT2D eigenvalue weighted by Gasteiger charge is -2.19. The van der Waals surface area contributed by atoms with E-state index in [0.29, 0.717) is 18.0 Å². The second kappa shape index (κ2) is 16.8. The summed E-state index contributed by atoms with van der Waals surface area (Å²) in [7, 11) is 0. The number of ketones is 1. The number of nitrogens with zero attached hydrogens (tertiary/aromatic N) is 1. The lowest BCUT2D eigenvalue weighted by Crippen LogP contribution is -2.23. The van der Waals surface area contributed by atoms with Gasteiger partial charge >= 0.3 is 5.97 Å². The molecule has 0 fully saturated rings. The summed E-state index contributed by atoms with van der Waals surface area (Å²) in [6, 6.07) is 4.23. The molecule has 0 aliphatic heterocycles. The SMILES string of the molecule is CC#CN.CC(C)CCC(=O)OC(C)(C)C.CCc1cc(CBr)cnc1C(=O)C(C)C. The van der Waals surface area contributed by atoms with Gasteiger partial charge in [0.2, 0.25) is 0 Å². The number of nitrogens with two attached hydrogens (primary N) is 1. The summed E-state index contributed by atoms with van der Waals surface area (Å²) in [5.74, 6) is 3.08. The van der Waals surface area contributed by atoms with Crippen LogP contribution in [0.15, 0.2) is 12.3 Å². The average Bonchev–Trinajstić information content (AvgIpc) is 2.70. The van der Waals surface area contributed by atoms with Gasteiger partial charge in [0.1, 0.15) is 11.3 Å². The van der Waals surface area contributed by atoms with Crippen molar-refractivity contribution in [2.24, 2.45) is 17.6 Å². The number of hydrogen-bond donors (Lipinski definition) is 1. The number of ether oxygens (including phenoxy) is 1. The molecule has 176 valence electrons. The Balaban J connectivity index is 0. The van der Waals surface area contributed by atoms with Gasteiger partial charge in [0, 0.05) is 29.9 Å². The molecule has 5 nitrogen and oxygen atoms in total. The van der Waals surface area contributed by atoms with E-state index in [1.54, 1.807) is 13.1 Å². The fourth-order valence-corrected chi connectivity index (χ4v) is 2.50. The van der Waals surface area contributed by atoms with Crippen LogP contribution in [-0.4, -0.2) is 22.3 Å². The van der Waals surface area contributed by atoms with Crippen LogP contribution in [0.25, 0.3) is 0 Å². The maximum Gasteiger partial charge on any atom is 0.306 e. The van der Waals surface area contributed by atoms with E-state index in [9.17, 15) is 9.59 Å².